The maximum atomic E-state index is 11.8. The summed E-state index contributed by atoms with van der Waals surface area (Å²) in [5.41, 5.74) is 3.13. The molecular formula is C13H15N3OS. The van der Waals surface area contributed by atoms with E-state index in [0.717, 1.165) is 16.4 Å². The summed E-state index contributed by atoms with van der Waals surface area (Å²) in [4.78, 5) is 18.8. The van der Waals surface area contributed by atoms with E-state index >= 15 is 0 Å². The van der Waals surface area contributed by atoms with Crippen molar-refractivity contribution in [2.45, 2.75) is 19.0 Å². The van der Waals surface area contributed by atoms with Crippen molar-refractivity contribution in [2.75, 3.05) is 11.1 Å². The third-order valence-electron chi connectivity index (χ3n) is 2.47. The van der Waals surface area contributed by atoms with Gasteiger partial charge in [-0.2, -0.15) is 0 Å². The molecular weight excluding hydrogens is 246 g/mol. The summed E-state index contributed by atoms with van der Waals surface area (Å²) in [6.45, 7) is 4.02. The molecule has 94 valence electrons. The molecule has 0 atom stereocenters. The Bertz CT molecular complexity index is 537. The quantitative estimate of drug-likeness (QED) is 0.832. The molecule has 4 nitrogen and oxygen atoms in total. The highest BCUT2D eigenvalue weighted by molar-refractivity contribution is 7.99. The fraction of sp³-hybridized carbons (Fsp3) is 0.231. The minimum atomic E-state index is -0.0247. The molecule has 1 amide bonds. The molecule has 0 aliphatic rings. The number of anilines is 1. The maximum absolute atomic E-state index is 11.8. The lowest BCUT2D eigenvalue weighted by atomic mass is 10.1. The number of hydrogen-bond acceptors (Lipinski definition) is 3. The zero-order chi connectivity index (χ0) is 13.0. The molecule has 0 bridgehead atoms. The number of H-pyrrole nitrogens is 1. The predicted molar refractivity (Wildman–Crippen MR) is 73.9 cm³/mol. The summed E-state index contributed by atoms with van der Waals surface area (Å²) in [7, 11) is 0. The van der Waals surface area contributed by atoms with Gasteiger partial charge in [-0.05, 0) is 25.5 Å². The lowest BCUT2D eigenvalue weighted by Gasteiger charge is -2.08. The van der Waals surface area contributed by atoms with Crippen molar-refractivity contribution >= 4 is 23.4 Å². The smallest absolute Gasteiger partial charge is 0.234 e. The van der Waals surface area contributed by atoms with E-state index in [1.807, 2.05) is 26.0 Å². The number of aromatic nitrogens is 2. The van der Waals surface area contributed by atoms with Crippen molar-refractivity contribution in [1.82, 2.24) is 9.97 Å². The van der Waals surface area contributed by atoms with Crippen molar-refractivity contribution in [2.24, 2.45) is 0 Å². The van der Waals surface area contributed by atoms with Gasteiger partial charge in [-0.1, -0.05) is 29.5 Å². The van der Waals surface area contributed by atoms with Crippen molar-refractivity contribution in [3.05, 3.63) is 41.7 Å². The zero-order valence-corrected chi connectivity index (χ0v) is 11.2. The van der Waals surface area contributed by atoms with Crippen molar-refractivity contribution in [1.29, 1.82) is 0 Å². The average molecular weight is 261 g/mol. The number of carbonyl (C=O) groups is 1. The van der Waals surface area contributed by atoms with Crippen LogP contribution in [0.1, 0.15) is 11.1 Å². The van der Waals surface area contributed by atoms with E-state index in [0.29, 0.717) is 5.75 Å². The number of thioether (sulfide) groups is 1. The molecule has 0 aliphatic carbocycles. The van der Waals surface area contributed by atoms with Gasteiger partial charge in [-0.3, -0.25) is 4.79 Å². The molecule has 0 spiro atoms. The van der Waals surface area contributed by atoms with Crippen LogP contribution in [0, 0.1) is 13.8 Å². The molecule has 2 rings (SSSR count). The van der Waals surface area contributed by atoms with Crippen molar-refractivity contribution in [3.8, 4) is 0 Å². The second kappa shape index (κ2) is 5.73. The predicted octanol–water partition coefficient (Wildman–Crippen LogP) is 2.76. The number of amides is 1. The number of nitrogens with zero attached hydrogens (tertiary/aromatic N) is 1. The van der Waals surface area contributed by atoms with E-state index in [9.17, 15) is 4.79 Å². The first kappa shape index (κ1) is 12.7. The van der Waals surface area contributed by atoms with E-state index in [1.54, 1.807) is 12.4 Å². The third kappa shape index (κ3) is 3.37. The SMILES string of the molecule is Cc1ccc(NC(=O)CSc2ncc[nH]2)c(C)c1. The topological polar surface area (TPSA) is 57.8 Å². The van der Waals surface area contributed by atoms with Crippen LogP contribution in [0.3, 0.4) is 0 Å². The summed E-state index contributed by atoms with van der Waals surface area (Å²) >= 11 is 1.38. The van der Waals surface area contributed by atoms with Crippen LogP contribution in [0.4, 0.5) is 5.69 Å². The van der Waals surface area contributed by atoms with E-state index in [-0.39, 0.29) is 5.91 Å². The number of carbonyl (C=O) groups excluding carboxylic acids is 1. The molecule has 0 saturated heterocycles. The van der Waals surface area contributed by atoms with Crippen molar-refractivity contribution in [3.63, 3.8) is 0 Å². The molecule has 5 heteroatoms. The van der Waals surface area contributed by atoms with Crippen LogP contribution in [0.5, 0.6) is 0 Å². The Kier molecular flexibility index (Phi) is 4.04. The molecule has 0 fully saturated rings. The van der Waals surface area contributed by atoms with Gasteiger partial charge < -0.3 is 10.3 Å². The van der Waals surface area contributed by atoms with Crippen LogP contribution in [0.15, 0.2) is 35.7 Å². The number of nitrogens with one attached hydrogen (secondary N) is 2. The zero-order valence-electron chi connectivity index (χ0n) is 10.4. The van der Waals surface area contributed by atoms with Gasteiger partial charge in [-0.15, -0.1) is 0 Å². The number of aryl methyl sites for hydroxylation is 2. The van der Waals surface area contributed by atoms with Gasteiger partial charge in [0.2, 0.25) is 5.91 Å². The summed E-state index contributed by atoms with van der Waals surface area (Å²) in [6.07, 6.45) is 3.41. The first-order valence-corrected chi connectivity index (χ1v) is 6.63. The Hall–Kier alpha value is -1.75. The molecule has 1 heterocycles. The second-order valence-electron chi connectivity index (χ2n) is 4.05. The maximum Gasteiger partial charge on any atom is 0.234 e. The largest absolute Gasteiger partial charge is 0.340 e. The standard InChI is InChI=1S/C13H15N3OS/c1-9-3-4-11(10(2)7-9)16-12(17)8-18-13-14-5-6-15-13/h3-7H,8H2,1-2H3,(H,14,15)(H,16,17). The van der Waals surface area contributed by atoms with Gasteiger partial charge in [0, 0.05) is 18.1 Å². The van der Waals surface area contributed by atoms with Crippen LogP contribution < -0.4 is 5.32 Å². The first-order chi connectivity index (χ1) is 8.65. The molecule has 1 aromatic heterocycles. The van der Waals surface area contributed by atoms with Crippen LogP contribution in [-0.2, 0) is 4.79 Å². The third-order valence-corrected chi connectivity index (χ3v) is 3.37. The molecule has 18 heavy (non-hydrogen) atoms. The van der Waals surface area contributed by atoms with E-state index in [4.69, 9.17) is 0 Å². The normalized spacial score (nSPS) is 10.3. The number of rotatable bonds is 4. The average Bonchev–Trinajstić information content (AvgIpc) is 2.83. The fourth-order valence-corrected chi connectivity index (χ4v) is 2.23. The minimum Gasteiger partial charge on any atom is -0.340 e. The highest BCUT2D eigenvalue weighted by Crippen LogP contribution is 2.17. The lowest BCUT2D eigenvalue weighted by molar-refractivity contribution is -0.113. The van der Waals surface area contributed by atoms with E-state index in [1.165, 1.54) is 17.3 Å². The Labute approximate surface area is 110 Å². The highest BCUT2D eigenvalue weighted by Gasteiger charge is 2.06. The van der Waals surface area contributed by atoms with Gasteiger partial charge in [-0.25, -0.2) is 4.98 Å². The Morgan fingerprint density at radius 2 is 2.28 bits per heavy atom. The van der Waals surface area contributed by atoms with Gasteiger partial charge in [0.25, 0.3) is 0 Å². The van der Waals surface area contributed by atoms with Crippen LogP contribution >= 0.6 is 11.8 Å². The van der Waals surface area contributed by atoms with Gasteiger partial charge in [0.1, 0.15) is 0 Å². The fourth-order valence-electron chi connectivity index (χ4n) is 1.60. The number of benzene rings is 1. The summed E-state index contributed by atoms with van der Waals surface area (Å²) in [5.74, 6) is 0.323. The van der Waals surface area contributed by atoms with Crippen LogP contribution in [0.25, 0.3) is 0 Å². The van der Waals surface area contributed by atoms with Crippen LogP contribution in [0.2, 0.25) is 0 Å². The Morgan fingerprint density at radius 1 is 1.44 bits per heavy atom. The number of hydrogen-bond donors (Lipinski definition) is 2. The number of aromatic amines is 1. The molecule has 2 N–H and O–H groups in total. The van der Waals surface area contributed by atoms with E-state index < -0.39 is 0 Å². The minimum absolute atomic E-state index is 0.0247. The molecule has 0 unspecified atom stereocenters. The molecule has 0 saturated carbocycles. The van der Waals surface area contributed by atoms with Gasteiger partial charge >= 0.3 is 0 Å². The first-order valence-electron chi connectivity index (χ1n) is 5.64. The second-order valence-corrected chi connectivity index (χ2v) is 5.01. The molecule has 2 aromatic rings. The Balaban J connectivity index is 1.91. The summed E-state index contributed by atoms with van der Waals surface area (Å²) < 4.78 is 0. The van der Waals surface area contributed by atoms with E-state index in [2.05, 4.69) is 21.4 Å². The van der Waals surface area contributed by atoms with Crippen molar-refractivity contribution < 1.29 is 4.79 Å². The Morgan fingerprint density at radius 3 is 2.94 bits per heavy atom. The van der Waals surface area contributed by atoms with Gasteiger partial charge in [0.15, 0.2) is 5.16 Å². The molecule has 0 radical (unpaired) electrons. The molecule has 0 aliphatic heterocycles. The number of imidazole rings is 1. The summed E-state index contributed by atoms with van der Waals surface area (Å²) in [6, 6.07) is 5.97. The van der Waals surface area contributed by atoms with Crippen LogP contribution in [-0.4, -0.2) is 21.6 Å². The monoisotopic (exact) mass is 261 g/mol. The lowest BCUT2D eigenvalue weighted by Crippen LogP contribution is -2.14. The summed E-state index contributed by atoms with van der Waals surface area (Å²) in [5, 5.41) is 3.65. The highest BCUT2D eigenvalue weighted by atomic mass is 32.2. The van der Waals surface area contributed by atoms with Gasteiger partial charge in [0.05, 0.1) is 5.75 Å². The molecule has 1 aromatic carbocycles.